The van der Waals surface area contributed by atoms with Crippen molar-refractivity contribution in [2.24, 2.45) is 0 Å². The van der Waals surface area contributed by atoms with Crippen LogP contribution in [0.4, 0.5) is 5.82 Å². The van der Waals surface area contributed by atoms with E-state index in [0.29, 0.717) is 5.69 Å². The summed E-state index contributed by atoms with van der Waals surface area (Å²) in [6.07, 6.45) is 2.84. The number of amides is 1. The van der Waals surface area contributed by atoms with E-state index in [4.69, 9.17) is 0 Å². The Hall–Kier alpha value is -1.58. The topological polar surface area (TPSA) is 54.0 Å². The standard InChI is InChI=1S/C15H25N3O/c1-5-11-16-13-10-8-9-12(17-13)14(19)18-15(4,6-2)7-3/h8-10H,5-7,11H2,1-4H3,(H,16,17)(H,18,19). The fraction of sp³-hybridized carbons (Fsp3) is 0.600. The number of hydrogen-bond acceptors (Lipinski definition) is 3. The summed E-state index contributed by atoms with van der Waals surface area (Å²) >= 11 is 0. The van der Waals surface area contributed by atoms with Crippen molar-refractivity contribution in [2.75, 3.05) is 11.9 Å². The molecule has 4 nitrogen and oxygen atoms in total. The van der Waals surface area contributed by atoms with E-state index in [9.17, 15) is 4.79 Å². The number of nitrogens with zero attached hydrogens (tertiary/aromatic N) is 1. The molecule has 106 valence electrons. The molecular weight excluding hydrogens is 238 g/mol. The van der Waals surface area contributed by atoms with Gasteiger partial charge in [0.15, 0.2) is 0 Å². The Labute approximate surface area is 116 Å². The van der Waals surface area contributed by atoms with E-state index in [2.05, 4.69) is 43.3 Å². The normalized spacial score (nSPS) is 11.2. The lowest BCUT2D eigenvalue weighted by Gasteiger charge is -2.28. The van der Waals surface area contributed by atoms with Crippen LogP contribution in [0.2, 0.25) is 0 Å². The molecule has 4 heteroatoms. The van der Waals surface area contributed by atoms with E-state index in [1.54, 1.807) is 6.07 Å². The van der Waals surface area contributed by atoms with Crippen LogP contribution in [0.25, 0.3) is 0 Å². The van der Waals surface area contributed by atoms with Crippen molar-refractivity contribution >= 4 is 11.7 Å². The molecule has 1 aromatic rings. The van der Waals surface area contributed by atoms with Gasteiger partial charge in [0.2, 0.25) is 0 Å². The van der Waals surface area contributed by atoms with Crippen molar-refractivity contribution < 1.29 is 4.79 Å². The largest absolute Gasteiger partial charge is 0.370 e. The predicted molar refractivity (Wildman–Crippen MR) is 79.5 cm³/mol. The third kappa shape index (κ3) is 4.54. The predicted octanol–water partition coefficient (Wildman–Crippen LogP) is 3.21. The average molecular weight is 263 g/mol. The van der Waals surface area contributed by atoms with E-state index in [-0.39, 0.29) is 11.4 Å². The second-order valence-corrected chi connectivity index (χ2v) is 5.06. The van der Waals surface area contributed by atoms with Crippen LogP contribution in [0.5, 0.6) is 0 Å². The van der Waals surface area contributed by atoms with Crippen LogP contribution in [-0.2, 0) is 0 Å². The maximum atomic E-state index is 12.2. The molecular formula is C15H25N3O. The summed E-state index contributed by atoms with van der Waals surface area (Å²) in [5.41, 5.74) is 0.306. The highest BCUT2D eigenvalue weighted by atomic mass is 16.2. The minimum Gasteiger partial charge on any atom is -0.370 e. The van der Waals surface area contributed by atoms with Crippen LogP contribution < -0.4 is 10.6 Å². The Kier molecular flexibility index (Phi) is 5.80. The first kappa shape index (κ1) is 15.5. The monoisotopic (exact) mass is 263 g/mol. The molecule has 2 N–H and O–H groups in total. The third-order valence-corrected chi connectivity index (χ3v) is 3.51. The van der Waals surface area contributed by atoms with Gasteiger partial charge in [0.05, 0.1) is 0 Å². The first-order valence-corrected chi connectivity index (χ1v) is 7.08. The summed E-state index contributed by atoms with van der Waals surface area (Å²) in [7, 11) is 0. The van der Waals surface area contributed by atoms with E-state index >= 15 is 0 Å². The van der Waals surface area contributed by atoms with Gasteiger partial charge in [-0.05, 0) is 38.3 Å². The van der Waals surface area contributed by atoms with Gasteiger partial charge in [0.1, 0.15) is 11.5 Å². The number of carbonyl (C=O) groups excluding carboxylic acids is 1. The lowest BCUT2D eigenvalue weighted by atomic mass is 9.95. The average Bonchev–Trinajstić information content (AvgIpc) is 2.45. The van der Waals surface area contributed by atoms with Gasteiger partial charge < -0.3 is 10.6 Å². The molecule has 0 atom stereocenters. The summed E-state index contributed by atoms with van der Waals surface area (Å²) in [5.74, 6) is 0.649. The molecule has 0 aliphatic rings. The van der Waals surface area contributed by atoms with E-state index in [0.717, 1.165) is 31.6 Å². The molecule has 0 spiro atoms. The van der Waals surface area contributed by atoms with Crippen molar-refractivity contribution in [1.82, 2.24) is 10.3 Å². The maximum Gasteiger partial charge on any atom is 0.270 e. The molecule has 0 aromatic carbocycles. The molecule has 0 saturated heterocycles. The quantitative estimate of drug-likeness (QED) is 0.794. The van der Waals surface area contributed by atoms with Crippen molar-refractivity contribution in [3.05, 3.63) is 23.9 Å². The number of pyridine rings is 1. The lowest BCUT2D eigenvalue weighted by molar-refractivity contribution is 0.0896. The molecule has 0 bridgehead atoms. The van der Waals surface area contributed by atoms with E-state index in [1.165, 1.54) is 0 Å². The number of aromatic nitrogens is 1. The zero-order chi connectivity index (χ0) is 14.3. The first-order valence-electron chi connectivity index (χ1n) is 7.08. The molecule has 0 fully saturated rings. The summed E-state index contributed by atoms with van der Waals surface area (Å²) in [6.45, 7) is 9.17. The van der Waals surface area contributed by atoms with Gasteiger partial charge in [-0.25, -0.2) is 4.98 Å². The summed E-state index contributed by atoms with van der Waals surface area (Å²) < 4.78 is 0. The Bertz CT molecular complexity index is 414. The van der Waals surface area contributed by atoms with Crippen LogP contribution >= 0.6 is 0 Å². The minimum absolute atomic E-state index is 0.105. The Morgan fingerprint density at radius 2 is 1.95 bits per heavy atom. The fourth-order valence-electron chi connectivity index (χ4n) is 1.68. The van der Waals surface area contributed by atoms with Gasteiger partial charge in [-0.1, -0.05) is 26.8 Å². The van der Waals surface area contributed by atoms with Gasteiger partial charge >= 0.3 is 0 Å². The minimum atomic E-state index is -0.161. The Balaban J connectivity index is 2.76. The molecule has 1 rings (SSSR count). The number of rotatable bonds is 7. The zero-order valence-corrected chi connectivity index (χ0v) is 12.4. The number of nitrogens with one attached hydrogen (secondary N) is 2. The second-order valence-electron chi connectivity index (χ2n) is 5.06. The van der Waals surface area contributed by atoms with Crippen LogP contribution in [0, 0.1) is 0 Å². The smallest absolute Gasteiger partial charge is 0.270 e. The molecule has 0 aliphatic carbocycles. The van der Waals surface area contributed by atoms with Crippen LogP contribution in [-0.4, -0.2) is 23.0 Å². The number of carbonyl (C=O) groups is 1. The third-order valence-electron chi connectivity index (χ3n) is 3.51. The molecule has 0 unspecified atom stereocenters. The van der Waals surface area contributed by atoms with E-state index in [1.807, 2.05) is 12.1 Å². The maximum absolute atomic E-state index is 12.2. The molecule has 1 aromatic heterocycles. The highest BCUT2D eigenvalue weighted by molar-refractivity contribution is 5.93. The van der Waals surface area contributed by atoms with Gasteiger partial charge in [-0.15, -0.1) is 0 Å². The summed E-state index contributed by atoms with van der Waals surface area (Å²) in [4.78, 5) is 16.5. The van der Waals surface area contributed by atoms with Gasteiger partial charge in [-0.3, -0.25) is 4.79 Å². The van der Waals surface area contributed by atoms with Crippen molar-refractivity contribution in [3.63, 3.8) is 0 Å². The molecule has 19 heavy (non-hydrogen) atoms. The lowest BCUT2D eigenvalue weighted by Crippen LogP contribution is -2.45. The van der Waals surface area contributed by atoms with E-state index < -0.39 is 0 Å². The second kappa shape index (κ2) is 7.12. The van der Waals surface area contributed by atoms with Crippen molar-refractivity contribution in [1.29, 1.82) is 0 Å². The first-order chi connectivity index (χ1) is 9.04. The highest BCUT2D eigenvalue weighted by Crippen LogP contribution is 2.15. The number of hydrogen-bond donors (Lipinski definition) is 2. The number of anilines is 1. The zero-order valence-electron chi connectivity index (χ0n) is 12.4. The molecule has 0 aliphatic heterocycles. The fourth-order valence-corrected chi connectivity index (χ4v) is 1.68. The Morgan fingerprint density at radius 1 is 1.26 bits per heavy atom. The van der Waals surface area contributed by atoms with Crippen molar-refractivity contribution in [2.45, 2.75) is 52.5 Å². The van der Waals surface area contributed by atoms with Gasteiger partial charge in [0, 0.05) is 12.1 Å². The van der Waals surface area contributed by atoms with Gasteiger partial charge in [0.25, 0.3) is 5.91 Å². The molecule has 1 heterocycles. The molecule has 0 radical (unpaired) electrons. The van der Waals surface area contributed by atoms with Crippen molar-refractivity contribution in [3.8, 4) is 0 Å². The highest BCUT2D eigenvalue weighted by Gasteiger charge is 2.23. The van der Waals surface area contributed by atoms with Crippen LogP contribution in [0.1, 0.15) is 57.4 Å². The summed E-state index contributed by atoms with van der Waals surface area (Å²) in [6, 6.07) is 5.48. The molecule has 1 amide bonds. The van der Waals surface area contributed by atoms with Crippen LogP contribution in [0.3, 0.4) is 0 Å². The Morgan fingerprint density at radius 3 is 2.53 bits per heavy atom. The molecule has 0 saturated carbocycles. The SMILES string of the molecule is CCCNc1cccc(C(=O)NC(C)(CC)CC)n1. The van der Waals surface area contributed by atoms with Gasteiger partial charge in [-0.2, -0.15) is 0 Å². The van der Waals surface area contributed by atoms with Crippen LogP contribution in [0.15, 0.2) is 18.2 Å². The summed E-state index contributed by atoms with van der Waals surface area (Å²) in [5, 5.41) is 6.25.